The minimum absolute atomic E-state index is 0.0200. The van der Waals surface area contributed by atoms with Crippen LogP contribution in [0.15, 0.2) is 24.4 Å². The van der Waals surface area contributed by atoms with Crippen LogP contribution in [-0.4, -0.2) is 23.1 Å². The van der Waals surface area contributed by atoms with Crippen LogP contribution in [0.1, 0.15) is 32.6 Å². The lowest BCUT2D eigenvalue weighted by molar-refractivity contribution is -0.123. The molecule has 0 aromatic carbocycles. The summed E-state index contributed by atoms with van der Waals surface area (Å²) in [5, 5.41) is 0. The molecular formula is C12H17NO2. The Kier molecular flexibility index (Phi) is 4.28. The monoisotopic (exact) mass is 207 g/mol. The molecular weight excluding hydrogens is 190 g/mol. The Hall–Kier alpha value is -1.38. The first-order valence-corrected chi connectivity index (χ1v) is 5.29. The van der Waals surface area contributed by atoms with E-state index >= 15 is 0 Å². The number of amides is 1. The molecule has 15 heavy (non-hydrogen) atoms. The minimum Gasteiger partial charge on any atom is -0.309 e. The van der Waals surface area contributed by atoms with E-state index in [0.717, 1.165) is 25.0 Å². The summed E-state index contributed by atoms with van der Waals surface area (Å²) in [6.07, 6.45) is 6.75. The average Bonchev–Trinajstić information content (AvgIpc) is 2.47. The summed E-state index contributed by atoms with van der Waals surface area (Å²) in [4.78, 5) is 23.6. The first-order chi connectivity index (χ1) is 7.11. The zero-order valence-corrected chi connectivity index (χ0v) is 9.16. The van der Waals surface area contributed by atoms with Crippen LogP contribution in [0.2, 0.25) is 0 Å². The Morgan fingerprint density at radius 1 is 1.33 bits per heavy atom. The maximum absolute atomic E-state index is 11.3. The molecule has 0 fully saturated rings. The third-order valence-corrected chi connectivity index (χ3v) is 2.44. The number of rotatable bonds is 6. The molecule has 0 saturated carbocycles. The number of Topliss-reactive ketones (excluding diaryl/α,β-unsaturated/α-hetero) is 1. The molecule has 0 N–H and O–H groups in total. The Morgan fingerprint density at radius 3 is 2.60 bits per heavy atom. The number of unbranched alkanes of at least 4 members (excludes halogenated alkanes) is 2. The maximum atomic E-state index is 11.3. The largest absolute Gasteiger partial charge is 0.309 e. The van der Waals surface area contributed by atoms with E-state index < -0.39 is 0 Å². The van der Waals surface area contributed by atoms with Crippen LogP contribution in [-0.2, 0) is 9.59 Å². The van der Waals surface area contributed by atoms with Crippen LogP contribution >= 0.6 is 0 Å². The molecule has 0 saturated heterocycles. The maximum Gasteiger partial charge on any atom is 0.251 e. The van der Waals surface area contributed by atoms with E-state index in [4.69, 9.17) is 0 Å². The molecule has 3 heteroatoms. The SMILES string of the molecule is C=C1C=CC(=O)N1CCCCCC(C)=O. The summed E-state index contributed by atoms with van der Waals surface area (Å²) in [5.41, 5.74) is 0.770. The predicted octanol–water partition coefficient (Wildman–Crippen LogP) is 2.05. The first kappa shape index (κ1) is 11.7. The van der Waals surface area contributed by atoms with Gasteiger partial charge in [0.25, 0.3) is 5.91 Å². The molecule has 0 spiro atoms. The van der Waals surface area contributed by atoms with Crippen molar-refractivity contribution < 1.29 is 9.59 Å². The van der Waals surface area contributed by atoms with E-state index in [0.29, 0.717) is 13.0 Å². The van der Waals surface area contributed by atoms with E-state index in [9.17, 15) is 9.59 Å². The fourth-order valence-corrected chi connectivity index (χ4v) is 1.56. The van der Waals surface area contributed by atoms with Gasteiger partial charge in [-0.3, -0.25) is 4.79 Å². The number of hydrogen-bond donors (Lipinski definition) is 0. The zero-order valence-electron chi connectivity index (χ0n) is 9.16. The Morgan fingerprint density at radius 2 is 2.07 bits per heavy atom. The molecule has 1 rings (SSSR count). The second kappa shape index (κ2) is 5.49. The molecule has 1 heterocycles. The Balaban J connectivity index is 2.13. The summed E-state index contributed by atoms with van der Waals surface area (Å²) in [5.74, 6) is 0.255. The summed E-state index contributed by atoms with van der Waals surface area (Å²) in [7, 11) is 0. The van der Waals surface area contributed by atoms with Gasteiger partial charge in [0.2, 0.25) is 0 Å². The van der Waals surface area contributed by atoms with Crippen molar-refractivity contribution in [3.63, 3.8) is 0 Å². The van der Waals surface area contributed by atoms with E-state index in [-0.39, 0.29) is 11.7 Å². The van der Waals surface area contributed by atoms with Crippen molar-refractivity contribution in [3.05, 3.63) is 24.4 Å². The predicted molar refractivity (Wildman–Crippen MR) is 59.1 cm³/mol. The third kappa shape index (κ3) is 3.70. The Labute approximate surface area is 90.5 Å². The quantitative estimate of drug-likeness (QED) is 0.625. The molecule has 1 aliphatic heterocycles. The van der Waals surface area contributed by atoms with Crippen LogP contribution in [0.4, 0.5) is 0 Å². The van der Waals surface area contributed by atoms with Crippen molar-refractivity contribution in [1.82, 2.24) is 4.90 Å². The highest BCUT2D eigenvalue weighted by Gasteiger charge is 2.17. The molecule has 0 atom stereocenters. The number of nitrogens with zero attached hydrogens (tertiary/aromatic N) is 1. The van der Waals surface area contributed by atoms with Crippen molar-refractivity contribution in [3.8, 4) is 0 Å². The molecule has 0 aromatic heterocycles. The van der Waals surface area contributed by atoms with Gasteiger partial charge in [-0.15, -0.1) is 0 Å². The summed E-state index contributed by atoms with van der Waals surface area (Å²) in [6, 6.07) is 0. The molecule has 1 amide bonds. The highest BCUT2D eigenvalue weighted by atomic mass is 16.2. The van der Waals surface area contributed by atoms with E-state index in [1.165, 1.54) is 6.08 Å². The normalized spacial score (nSPS) is 15.1. The minimum atomic E-state index is 0.0200. The summed E-state index contributed by atoms with van der Waals surface area (Å²) in [6.45, 7) is 6.10. The lowest BCUT2D eigenvalue weighted by Gasteiger charge is -2.16. The lowest BCUT2D eigenvalue weighted by atomic mass is 10.1. The molecule has 0 unspecified atom stereocenters. The van der Waals surface area contributed by atoms with Crippen LogP contribution in [0, 0.1) is 0 Å². The zero-order chi connectivity index (χ0) is 11.3. The van der Waals surface area contributed by atoms with Crippen LogP contribution in [0.3, 0.4) is 0 Å². The van der Waals surface area contributed by atoms with Gasteiger partial charge in [-0.2, -0.15) is 0 Å². The second-order valence-corrected chi connectivity index (χ2v) is 3.83. The van der Waals surface area contributed by atoms with Gasteiger partial charge in [0, 0.05) is 24.7 Å². The number of carbonyl (C=O) groups is 2. The van der Waals surface area contributed by atoms with Crippen molar-refractivity contribution in [2.45, 2.75) is 32.6 Å². The number of allylic oxidation sites excluding steroid dienone is 1. The van der Waals surface area contributed by atoms with Crippen LogP contribution in [0.25, 0.3) is 0 Å². The van der Waals surface area contributed by atoms with Gasteiger partial charge < -0.3 is 9.69 Å². The van der Waals surface area contributed by atoms with Crippen molar-refractivity contribution >= 4 is 11.7 Å². The number of hydrogen-bond acceptors (Lipinski definition) is 2. The molecule has 0 bridgehead atoms. The molecule has 0 radical (unpaired) electrons. The molecule has 1 aliphatic rings. The van der Waals surface area contributed by atoms with Crippen LogP contribution in [0.5, 0.6) is 0 Å². The highest BCUT2D eigenvalue weighted by molar-refractivity contribution is 5.92. The fraction of sp³-hybridized carbons (Fsp3) is 0.500. The second-order valence-electron chi connectivity index (χ2n) is 3.83. The van der Waals surface area contributed by atoms with Gasteiger partial charge in [-0.05, 0) is 25.8 Å². The fourth-order valence-electron chi connectivity index (χ4n) is 1.56. The lowest BCUT2D eigenvalue weighted by Crippen LogP contribution is -2.24. The molecule has 0 aromatic rings. The summed E-state index contributed by atoms with van der Waals surface area (Å²) >= 11 is 0. The molecule has 82 valence electrons. The molecule has 3 nitrogen and oxygen atoms in total. The van der Waals surface area contributed by atoms with Gasteiger partial charge in [0.05, 0.1) is 0 Å². The smallest absolute Gasteiger partial charge is 0.251 e. The van der Waals surface area contributed by atoms with Gasteiger partial charge in [-0.25, -0.2) is 0 Å². The van der Waals surface area contributed by atoms with Gasteiger partial charge in [0.1, 0.15) is 5.78 Å². The summed E-state index contributed by atoms with van der Waals surface area (Å²) < 4.78 is 0. The number of ketones is 1. The highest BCUT2D eigenvalue weighted by Crippen LogP contribution is 2.14. The molecule has 0 aliphatic carbocycles. The van der Waals surface area contributed by atoms with Crippen LogP contribution < -0.4 is 0 Å². The van der Waals surface area contributed by atoms with Gasteiger partial charge >= 0.3 is 0 Å². The standard InChI is InChI=1S/C12H17NO2/c1-10-7-8-12(15)13(10)9-5-3-4-6-11(2)14/h7-8H,1,3-6,9H2,2H3. The van der Waals surface area contributed by atoms with E-state index in [2.05, 4.69) is 6.58 Å². The van der Waals surface area contributed by atoms with Crippen molar-refractivity contribution in [2.75, 3.05) is 6.54 Å². The van der Waals surface area contributed by atoms with Gasteiger partial charge in [-0.1, -0.05) is 13.0 Å². The van der Waals surface area contributed by atoms with Crippen molar-refractivity contribution in [1.29, 1.82) is 0 Å². The topological polar surface area (TPSA) is 37.4 Å². The van der Waals surface area contributed by atoms with Gasteiger partial charge in [0.15, 0.2) is 0 Å². The first-order valence-electron chi connectivity index (χ1n) is 5.29. The van der Waals surface area contributed by atoms with Crippen molar-refractivity contribution in [2.24, 2.45) is 0 Å². The average molecular weight is 207 g/mol. The Bertz CT molecular complexity index is 287. The third-order valence-electron chi connectivity index (χ3n) is 2.44. The van der Waals surface area contributed by atoms with E-state index in [1.807, 2.05) is 0 Å². The van der Waals surface area contributed by atoms with E-state index in [1.54, 1.807) is 17.9 Å². The number of carbonyl (C=O) groups excluding carboxylic acids is 2.